The van der Waals surface area contributed by atoms with E-state index >= 15 is 0 Å². The third-order valence-electron chi connectivity index (χ3n) is 1.25. The van der Waals surface area contributed by atoms with Gasteiger partial charge in [-0.2, -0.15) is 8.78 Å². The summed E-state index contributed by atoms with van der Waals surface area (Å²) in [6.07, 6.45) is 3.59. The quantitative estimate of drug-likeness (QED) is 0.420. The normalized spacial score (nSPS) is 12.9. The van der Waals surface area contributed by atoms with Gasteiger partial charge in [0.25, 0.3) is 0 Å². The van der Waals surface area contributed by atoms with Crippen molar-refractivity contribution in [3.8, 4) is 0 Å². The first-order valence-electron chi connectivity index (χ1n) is 3.73. The molecule has 0 aliphatic heterocycles. The minimum atomic E-state index is -2.95. The number of ether oxygens (including phenoxy) is 1. The van der Waals surface area contributed by atoms with Crippen molar-refractivity contribution in [3.05, 3.63) is 36.1 Å². The van der Waals surface area contributed by atoms with Crippen molar-refractivity contribution in [2.24, 2.45) is 5.73 Å². The topological polar surface area (TPSA) is 52.3 Å². The second-order valence-corrected chi connectivity index (χ2v) is 2.37. The molecule has 0 spiro atoms. The van der Waals surface area contributed by atoms with E-state index in [9.17, 15) is 13.6 Å². The maximum absolute atomic E-state index is 11.8. The number of allylic oxidation sites excluding steroid dienone is 3. The summed E-state index contributed by atoms with van der Waals surface area (Å²) < 4.78 is 27.7. The number of rotatable bonds is 5. The van der Waals surface area contributed by atoms with E-state index in [1.165, 1.54) is 19.1 Å². The van der Waals surface area contributed by atoms with Gasteiger partial charge in [0.1, 0.15) is 5.76 Å². The maximum Gasteiger partial charge on any atom is 0.387 e. The van der Waals surface area contributed by atoms with Crippen LogP contribution in [0.4, 0.5) is 8.78 Å². The van der Waals surface area contributed by atoms with Crippen LogP contribution in [0.15, 0.2) is 36.1 Å². The minimum absolute atomic E-state index is 0.124. The van der Waals surface area contributed by atoms with Crippen LogP contribution in [0.3, 0.4) is 0 Å². The predicted octanol–water partition coefficient (Wildman–Crippen LogP) is 1.73. The second kappa shape index (κ2) is 5.90. The molecular formula is C9H11F2NO2. The molecule has 0 saturated carbocycles. The first-order valence-corrected chi connectivity index (χ1v) is 3.73. The summed E-state index contributed by atoms with van der Waals surface area (Å²) in [6, 6.07) is 0. The molecule has 0 heterocycles. The summed E-state index contributed by atoms with van der Waals surface area (Å²) in [5, 5.41) is 0. The molecule has 0 unspecified atom stereocenters. The van der Waals surface area contributed by atoms with Gasteiger partial charge in [-0.25, -0.2) is 0 Å². The third-order valence-corrected chi connectivity index (χ3v) is 1.25. The fourth-order valence-electron chi connectivity index (χ4n) is 0.625. The summed E-state index contributed by atoms with van der Waals surface area (Å²) in [7, 11) is 0. The zero-order valence-corrected chi connectivity index (χ0v) is 7.67. The van der Waals surface area contributed by atoms with Crippen molar-refractivity contribution in [1.29, 1.82) is 0 Å². The molecular weight excluding hydrogens is 192 g/mol. The molecule has 5 heteroatoms. The number of nitrogens with two attached hydrogens (primary N) is 1. The Balaban J connectivity index is 4.69. The molecule has 3 nitrogen and oxygen atoms in total. The van der Waals surface area contributed by atoms with E-state index in [0.717, 1.165) is 6.08 Å². The Bertz CT molecular complexity index is 283. The van der Waals surface area contributed by atoms with Crippen molar-refractivity contribution in [2.75, 3.05) is 0 Å². The lowest BCUT2D eigenvalue weighted by Gasteiger charge is -2.04. The molecule has 0 aromatic carbocycles. The lowest BCUT2D eigenvalue weighted by atomic mass is 10.2. The molecule has 0 radical (unpaired) electrons. The van der Waals surface area contributed by atoms with Crippen LogP contribution in [-0.2, 0) is 9.53 Å². The Morgan fingerprint density at radius 1 is 1.57 bits per heavy atom. The van der Waals surface area contributed by atoms with Gasteiger partial charge < -0.3 is 10.5 Å². The Labute approximate surface area is 80.5 Å². The predicted molar refractivity (Wildman–Crippen MR) is 48.3 cm³/mol. The molecule has 2 N–H and O–H groups in total. The van der Waals surface area contributed by atoms with Crippen LogP contribution >= 0.6 is 0 Å². The molecule has 0 aliphatic rings. The lowest BCUT2D eigenvalue weighted by molar-refractivity contribution is -0.114. The van der Waals surface area contributed by atoms with E-state index in [1.54, 1.807) is 0 Å². The highest BCUT2D eigenvalue weighted by Crippen LogP contribution is 2.09. The average Bonchev–Trinajstić information content (AvgIpc) is 2.02. The minimum Gasteiger partial charge on any atom is -0.435 e. The van der Waals surface area contributed by atoms with Gasteiger partial charge in [0.05, 0.1) is 0 Å². The van der Waals surface area contributed by atoms with Crippen LogP contribution in [0.2, 0.25) is 0 Å². The van der Waals surface area contributed by atoms with Crippen LogP contribution in [0, 0.1) is 0 Å². The van der Waals surface area contributed by atoms with Gasteiger partial charge in [0.15, 0.2) is 0 Å². The van der Waals surface area contributed by atoms with Gasteiger partial charge in [-0.3, -0.25) is 4.79 Å². The summed E-state index contributed by atoms with van der Waals surface area (Å²) in [5.41, 5.74) is 5.03. The van der Waals surface area contributed by atoms with Crippen LogP contribution in [0.25, 0.3) is 0 Å². The van der Waals surface area contributed by atoms with Crippen molar-refractivity contribution in [1.82, 2.24) is 0 Å². The number of carbonyl (C=O) groups excluding carboxylic acids is 1. The fraction of sp³-hybridized carbons (Fsp3) is 0.222. The van der Waals surface area contributed by atoms with Crippen LogP contribution in [-0.4, -0.2) is 12.5 Å². The van der Waals surface area contributed by atoms with Crippen molar-refractivity contribution >= 4 is 5.91 Å². The molecule has 0 rings (SSSR count). The van der Waals surface area contributed by atoms with E-state index in [0.29, 0.717) is 0 Å². The number of amides is 1. The molecule has 0 saturated heterocycles. The number of carbonyl (C=O) groups is 1. The lowest BCUT2D eigenvalue weighted by Crippen LogP contribution is -2.12. The number of primary amides is 1. The molecule has 14 heavy (non-hydrogen) atoms. The first kappa shape index (κ1) is 12.3. The number of hydrogen-bond acceptors (Lipinski definition) is 2. The van der Waals surface area contributed by atoms with Gasteiger partial charge in [0.2, 0.25) is 5.91 Å². The monoisotopic (exact) mass is 203 g/mol. The molecule has 0 bridgehead atoms. The van der Waals surface area contributed by atoms with Crippen LogP contribution < -0.4 is 5.73 Å². The van der Waals surface area contributed by atoms with Crippen molar-refractivity contribution in [3.63, 3.8) is 0 Å². The average molecular weight is 203 g/mol. The number of hydrogen-bond donors (Lipinski definition) is 1. The van der Waals surface area contributed by atoms with E-state index in [1.807, 2.05) is 0 Å². The van der Waals surface area contributed by atoms with E-state index < -0.39 is 12.5 Å². The molecule has 0 fully saturated rings. The standard InChI is InChI=1S/C9H11F2NO2/c1-3-4-7(14-9(10)11)5-6(2)8(12)13/h3-5,9H,1H2,2H3,(H2,12,13)/b6-5+,7-4+. The first-order chi connectivity index (χ1) is 6.47. The molecule has 0 atom stereocenters. The van der Waals surface area contributed by atoms with E-state index in [4.69, 9.17) is 5.73 Å². The van der Waals surface area contributed by atoms with Gasteiger partial charge in [-0.1, -0.05) is 12.7 Å². The highest BCUT2D eigenvalue weighted by atomic mass is 19.3. The molecule has 78 valence electrons. The highest BCUT2D eigenvalue weighted by Gasteiger charge is 2.06. The van der Waals surface area contributed by atoms with Crippen LogP contribution in [0.1, 0.15) is 6.92 Å². The highest BCUT2D eigenvalue weighted by molar-refractivity contribution is 5.91. The van der Waals surface area contributed by atoms with Crippen molar-refractivity contribution in [2.45, 2.75) is 13.5 Å². The zero-order chi connectivity index (χ0) is 11.1. The second-order valence-electron chi connectivity index (χ2n) is 2.37. The Kier molecular flexibility index (Phi) is 5.21. The fourth-order valence-corrected chi connectivity index (χ4v) is 0.625. The van der Waals surface area contributed by atoms with Gasteiger partial charge >= 0.3 is 6.61 Å². The van der Waals surface area contributed by atoms with Crippen LogP contribution in [0.5, 0.6) is 0 Å². The maximum atomic E-state index is 11.8. The molecule has 0 aliphatic carbocycles. The Morgan fingerprint density at radius 2 is 2.14 bits per heavy atom. The molecule has 0 aromatic heterocycles. The van der Waals surface area contributed by atoms with Gasteiger partial charge in [0, 0.05) is 5.57 Å². The molecule has 1 amide bonds. The number of alkyl halides is 2. The smallest absolute Gasteiger partial charge is 0.387 e. The zero-order valence-electron chi connectivity index (χ0n) is 7.67. The summed E-state index contributed by atoms with van der Waals surface area (Å²) in [5.74, 6) is -0.857. The Hall–Kier alpha value is -1.65. The third kappa shape index (κ3) is 5.08. The molecule has 0 aromatic rings. The van der Waals surface area contributed by atoms with E-state index in [-0.39, 0.29) is 11.3 Å². The largest absolute Gasteiger partial charge is 0.435 e. The van der Waals surface area contributed by atoms with Crippen molar-refractivity contribution < 1.29 is 18.3 Å². The number of halogens is 2. The summed E-state index contributed by atoms with van der Waals surface area (Å²) in [4.78, 5) is 10.6. The van der Waals surface area contributed by atoms with Gasteiger partial charge in [-0.15, -0.1) is 0 Å². The van der Waals surface area contributed by atoms with Gasteiger partial charge in [-0.05, 0) is 19.1 Å². The Morgan fingerprint density at radius 3 is 2.50 bits per heavy atom. The summed E-state index contributed by atoms with van der Waals surface area (Å²) >= 11 is 0. The SMILES string of the molecule is C=C/C=C(\C=C(/C)C(N)=O)OC(F)F. The summed E-state index contributed by atoms with van der Waals surface area (Å²) in [6.45, 7) is 1.76. The van der Waals surface area contributed by atoms with E-state index in [2.05, 4.69) is 11.3 Å².